The molecule has 2 amide bonds. The van der Waals surface area contributed by atoms with Gasteiger partial charge in [0.2, 0.25) is 21.8 Å². The summed E-state index contributed by atoms with van der Waals surface area (Å²) >= 11 is 1.26. The van der Waals surface area contributed by atoms with Crippen LogP contribution in [0.3, 0.4) is 0 Å². The van der Waals surface area contributed by atoms with Gasteiger partial charge in [0, 0.05) is 43.0 Å². The van der Waals surface area contributed by atoms with Crippen molar-refractivity contribution in [3.8, 4) is 0 Å². The summed E-state index contributed by atoms with van der Waals surface area (Å²) in [6.07, 6.45) is 0.567. The predicted octanol–water partition coefficient (Wildman–Crippen LogP) is 1.98. The topological polar surface area (TPSA) is 99.7 Å². The van der Waals surface area contributed by atoms with E-state index >= 15 is 0 Å². The lowest BCUT2D eigenvalue weighted by Crippen LogP contribution is -2.36. The number of nitrogens with zero attached hydrogens (tertiary/aromatic N) is 3. The number of hydrogen-bond acceptors (Lipinski definition) is 6. The maximum Gasteiger partial charge on any atom is 0.231 e. The minimum absolute atomic E-state index is 0.0466. The Kier molecular flexibility index (Phi) is 5.60. The molecule has 1 saturated heterocycles. The normalized spacial score (nSPS) is 19.7. The minimum atomic E-state index is -3.27. The average Bonchev–Trinajstić information content (AvgIpc) is 3.30. The van der Waals surface area contributed by atoms with E-state index in [0.717, 1.165) is 10.6 Å². The number of nitrogens with one attached hydrogen (secondary N) is 1. The number of aromatic nitrogens is 1. The van der Waals surface area contributed by atoms with E-state index in [2.05, 4.69) is 10.3 Å². The van der Waals surface area contributed by atoms with Crippen molar-refractivity contribution < 1.29 is 22.4 Å². The van der Waals surface area contributed by atoms with Gasteiger partial charge < -0.3 is 10.2 Å². The van der Waals surface area contributed by atoms with Gasteiger partial charge in [0.15, 0.2) is 5.13 Å². The molecule has 1 unspecified atom stereocenters. The molecule has 1 aromatic heterocycles. The van der Waals surface area contributed by atoms with Crippen molar-refractivity contribution in [3.63, 3.8) is 0 Å². The van der Waals surface area contributed by atoms with E-state index in [0.29, 0.717) is 23.8 Å². The average molecular weight is 453 g/mol. The molecule has 2 aliphatic rings. The number of carbonyl (C=O) groups is 2. The maximum absolute atomic E-state index is 13.1. The zero-order chi connectivity index (χ0) is 21.5. The molecular formula is C19H21FN4O4S2. The summed E-state index contributed by atoms with van der Waals surface area (Å²) in [5.74, 6) is -1.39. The van der Waals surface area contributed by atoms with E-state index in [4.69, 9.17) is 0 Å². The first kappa shape index (κ1) is 20.9. The molecule has 0 saturated carbocycles. The lowest BCUT2D eigenvalue weighted by atomic mass is 10.1. The Hall–Kier alpha value is -2.37. The van der Waals surface area contributed by atoms with Gasteiger partial charge in [0.05, 0.1) is 17.4 Å². The highest BCUT2D eigenvalue weighted by Gasteiger charge is 2.36. The maximum atomic E-state index is 13.1. The molecule has 160 valence electrons. The molecule has 3 heterocycles. The van der Waals surface area contributed by atoms with E-state index in [1.165, 1.54) is 44.8 Å². The zero-order valence-electron chi connectivity index (χ0n) is 16.3. The van der Waals surface area contributed by atoms with Crippen LogP contribution in [0.4, 0.5) is 15.2 Å². The monoisotopic (exact) mass is 452 g/mol. The number of hydrogen-bond donors (Lipinski definition) is 1. The smallest absolute Gasteiger partial charge is 0.231 e. The molecule has 4 rings (SSSR count). The first-order valence-corrected chi connectivity index (χ1v) is 12.0. The number of carbonyl (C=O) groups excluding carboxylic acids is 2. The third-order valence-electron chi connectivity index (χ3n) is 5.32. The van der Waals surface area contributed by atoms with Crippen LogP contribution in [0.5, 0.6) is 0 Å². The lowest BCUT2D eigenvalue weighted by molar-refractivity contribution is -0.122. The van der Waals surface area contributed by atoms with Crippen LogP contribution in [0.25, 0.3) is 0 Å². The molecule has 0 spiro atoms. The Balaban J connectivity index is 1.42. The van der Waals surface area contributed by atoms with Gasteiger partial charge in [-0.15, -0.1) is 11.3 Å². The number of rotatable bonds is 5. The summed E-state index contributed by atoms with van der Waals surface area (Å²) in [7, 11) is -3.27. The minimum Gasteiger partial charge on any atom is -0.312 e. The second kappa shape index (κ2) is 8.05. The number of amides is 2. The Labute approximate surface area is 177 Å². The molecule has 8 nitrogen and oxygen atoms in total. The largest absolute Gasteiger partial charge is 0.312 e. The van der Waals surface area contributed by atoms with Crippen LogP contribution >= 0.6 is 11.3 Å². The SMILES string of the molecule is CCS(=O)(=O)N1CCc2nc(NC(=O)C3CC(=O)N(c4ccc(F)cc4)C3)sc2C1. The van der Waals surface area contributed by atoms with Crippen molar-refractivity contribution in [1.82, 2.24) is 9.29 Å². The molecule has 2 aliphatic heterocycles. The Morgan fingerprint density at radius 1 is 1.33 bits per heavy atom. The van der Waals surface area contributed by atoms with E-state index < -0.39 is 21.8 Å². The van der Waals surface area contributed by atoms with E-state index in [1.807, 2.05) is 0 Å². The third-order valence-corrected chi connectivity index (χ3v) is 8.14. The summed E-state index contributed by atoms with van der Waals surface area (Å²) in [5.41, 5.74) is 1.35. The molecule has 1 atom stereocenters. The Morgan fingerprint density at radius 2 is 2.07 bits per heavy atom. The third kappa shape index (κ3) is 4.09. The van der Waals surface area contributed by atoms with Crippen molar-refractivity contribution in [2.24, 2.45) is 5.92 Å². The van der Waals surface area contributed by atoms with Gasteiger partial charge in [-0.25, -0.2) is 17.8 Å². The summed E-state index contributed by atoms with van der Waals surface area (Å²) in [6.45, 7) is 2.47. The molecule has 11 heteroatoms. The molecule has 0 bridgehead atoms. The van der Waals surface area contributed by atoms with Gasteiger partial charge in [-0.05, 0) is 31.2 Å². The number of anilines is 2. The molecule has 1 fully saturated rings. The van der Waals surface area contributed by atoms with Crippen LogP contribution in [0.1, 0.15) is 23.9 Å². The number of benzene rings is 1. The fraction of sp³-hybridized carbons (Fsp3) is 0.421. The molecular weight excluding hydrogens is 431 g/mol. The van der Waals surface area contributed by atoms with E-state index in [-0.39, 0.29) is 37.1 Å². The molecule has 1 N–H and O–H groups in total. The molecule has 30 heavy (non-hydrogen) atoms. The Bertz CT molecular complexity index is 1080. The number of sulfonamides is 1. The highest BCUT2D eigenvalue weighted by molar-refractivity contribution is 7.89. The fourth-order valence-electron chi connectivity index (χ4n) is 3.61. The predicted molar refractivity (Wildman–Crippen MR) is 111 cm³/mol. The van der Waals surface area contributed by atoms with Gasteiger partial charge in [0.25, 0.3) is 0 Å². The van der Waals surface area contributed by atoms with Gasteiger partial charge >= 0.3 is 0 Å². The van der Waals surface area contributed by atoms with Gasteiger partial charge in [0.1, 0.15) is 5.82 Å². The summed E-state index contributed by atoms with van der Waals surface area (Å²) < 4.78 is 38.8. The summed E-state index contributed by atoms with van der Waals surface area (Å²) in [6, 6.07) is 5.58. The number of halogens is 1. The van der Waals surface area contributed by atoms with Crippen molar-refractivity contribution in [2.75, 3.05) is 29.1 Å². The van der Waals surface area contributed by atoms with Crippen molar-refractivity contribution in [2.45, 2.75) is 26.3 Å². The standard InChI is InChI=1S/C19H21FN4O4S2/c1-2-30(27,28)23-8-7-15-16(11-23)29-19(21-15)22-18(26)12-9-17(25)24(10-12)14-5-3-13(20)4-6-14/h3-6,12H,2,7-11H2,1H3,(H,21,22,26). The Morgan fingerprint density at radius 3 is 2.77 bits per heavy atom. The summed E-state index contributed by atoms with van der Waals surface area (Å²) in [4.78, 5) is 31.7. The highest BCUT2D eigenvalue weighted by Crippen LogP contribution is 2.31. The van der Waals surface area contributed by atoms with Crippen molar-refractivity contribution >= 4 is 44.0 Å². The first-order valence-electron chi connectivity index (χ1n) is 9.60. The molecule has 0 aliphatic carbocycles. The van der Waals surface area contributed by atoms with Crippen LogP contribution in [0.2, 0.25) is 0 Å². The van der Waals surface area contributed by atoms with Crippen LogP contribution < -0.4 is 10.2 Å². The first-order chi connectivity index (χ1) is 14.3. The van der Waals surface area contributed by atoms with Crippen LogP contribution in [0.15, 0.2) is 24.3 Å². The quantitative estimate of drug-likeness (QED) is 0.748. The van der Waals surface area contributed by atoms with Crippen molar-refractivity contribution in [3.05, 3.63) is 40.7 Å². The lowest BCUT2D eigenvalue weighted by Gasteiger charge is -2.24. The van der Waals surface area contributed by atoms with E-state index in [1.54, 1.807) is 6.92 Å². The van der Waals surface area contributed by atoms with Crippen LogP contribution in [-0.2, 0) is 32.6 Å². The number of thiazole rings is 1. The second-order valence-electron chi connectivity index (χ2n) is 7.24. The van der Waals surface area contributed by atoms with Gasteiger partial charge in [-0.1, -0.05) is 0 Å². The molecule has 1 aromatic carbocycles. The second-order valence-corrected chi connectivity index (χ2v) is 10.6. The van der Waals surface area contributed by atoms with Crippen LogP contribution in [-0.4, -0.2) is 48.4 Å². The molecule has 2 aromatic rings. The highest BCUT2D eigenvalue weighted by atomic mass is 32.2. The fourth-order valence-corrected chi connectivity index (χ4v) is 5.78. The van der Waals surface area contributed by atoms with Crippen molar-refractivity contribution in [1.29, 1.82) is 0 Å². The molecule has 0 radical (unpaired) electrons. The van der Waals surface area contributed by atoms with Gasteiger partial charge in [-0.3, -0.25) is 9.59 Å². The van der Waals surface area contributed by atoms with E-state index in [9.17, 15) is 22.4 Å². The van der Waals surface area contributed by atoms with Crippen LogP contribution in [0, 0.1) is 11.7 Å². The number of fused-ring (bicyclic) bond motifs is 1. The summed E-state index contributed by atoms with van der Waals surface area (Å²) in [5, 5.41) is 3.18. The van der Waals surface area contributed by atoms with Gasteiger partial charge in [-0.2, -0.15) is 4.31 Å². The zero-order valence-corrected chi connectivity index (χ0v) is 17.9.